The third kappa shape index (κ3) is 3.23. The molecule has 0 saturated heterocycles. The number of benzene rings is 1. The number of hydrogen-bond donors (Lipinski definition) is 1. The van der Waals surface area contributed by atoms with E-state index in [-0.39, 0.29) is 6.04 Å². The van der Waals surface area contributed by atoms with Crippen LogP contribution in [0.4, 0.5) is 5.69 Å². The summed E-state index contributed by atoms with van der Waals surface area (Å²) in [4.78, 5) is 13.4. The van der Waals surface area contributed by atoms with Crippen LogP contribution in [0, 0.1) is 5.92 Å². The second-order valence-electron chi connectivity index (χ2n) is 5.30. The van der Waals surface area contributed by atoms with Crippen molar-refractivity contribution >= 4 is 23.3 Å². The van der Waals surface area contributed by atoms with Crippen molar-refractivity contribution in [2.45, 2.75) is 26.3 Å². The topological polar surface area (TPSA) is 40.5 Å². The molecular formula is C16H18ClNO2. The first-order valence-electron chi connectivity index (χ1n) is 6.64. The molecule has 0 saturated carbocycles. The number of nitrogens with zero attached hydrogens (tertiary/aromatic N) is 1. The van der Waals surface area contributed by atoms with Gasteiger partial charge in [0.1, 0.15) is 0 Å². The number of aliphatic carboxylic acids is 1. The molecule has 2 rings (SSSR count). The summed E-state index contributed by atoms with van der Waals surface area (Å²) in [5.74, 6) is -0.456. The zero-order valence-electron chi connectivity index (χ0n) is 11.6. The second kappa shape index (κ2) is 6.14. The van der Waals surface area contributed by atoms with Crippen molar-refractivity contribution < 1.29 is 9.90 Å². The van der Waals surface area contributed by atoms with E-state index in [0.717, 1.165) is 12.1 Å². The monoisotopic (exact) mass is 291 g/mol. The Hall–Kier alpha value is -1.74. The lowest BCUT2D eigenvalue weighted by molar-refractivity contribution is -0.133. The second-order valence-corrected chi connectivity index (χ2v) is 5.73. The lowest BCUT2D eigenvalue weighted by Gasteiger charge is -2.34. The van der Waals surface area contributed by atoms with E-state index in [1.807, 2.05) is 35.4 Å². The van der Waals surface area contributed by atoms with E-state index < -0.39 is 5.97 Å². The minimum atomic E-state index is -0.862. The van der Waals surface area contributed by atoms with Gasteiger partial charge in [0.15, 0.2) is 0 Å². The Morgan fingerprint density at radius 1 is 1.35 bits per heavy atom. The average Bonchev–Trinajstić information content (AvgIpc) is 2.39. The van der Waals surface area contributed by atoms with Crippen LogP contribution in [0.1, 0.15) is 20.3 Å². The van der Waals surface area contributed by atoms with E-state index in [4.69, 9.17) is 11.6 Å². The van der Waals surface area contributed by atoms with E-state index >= 15 is 0 Å². The summed E-state index contributed by atoms with van der Waals surface area (Å²) in [6, 6.07) is 7.29. The molecule has 0 aromatic heterocycles. The molecule has 0 amide bonds. The van der Waals surface area contributed by atoms with Gasteiger partial charge in [-0.15, -0.1) is 0 Å². The number of rotatable bonds is 4. The maximum atomic E-state index is 11.4. The minimum Gasteiger partial charge on any atom is -0.478 e. The smallest absolute Gasteiger partial charge is 0.333 e. The van der Waals surface area contributed by atoms with Crippen molar-refractivity contribution in [1.82, 2.24) is 0 Å². The molecule has 1 heterocycles. The molecule has 0 bridgehead atoms. The van der Waals surface area contributed by atoms with Crippen LogP contribution < -0.4 is 4.90 Å². The molecule has 1 unspecified atom stereocenters. The molecule has 1 aliphatic rings. The van der Waals surface area contributed by atoms with Crippen LogP contribution >= 0.6 is 11.6 Å². The van der Waals surface area contributed by atoms with Crippen LogP contribution in [0.25, 0.3) is 0 Å². The SMILES string of the molecule is CC(C)CC1C(C(=O)O)=CC=CN1c1ccc(Cl)cc1. The van der Waals surface area contributed by atoms with Crippen molar-refractivity contribution in [3.05, 3.63) is 53.2 Å². The molecule has 1 atom stereocenters. The van der Waals surface area contributed by atoms with Crippen LogP contribution in [0.2, 0.25) is 5.02 Å². The third-order valence-electron chi connectivity index (χ3n) is 3.28. The fourth-order valence-electron chi connectivity index (χ4n) is 2.38. The number of carboxylic acids is 1. The van der Waals surface area contributed by atoms with Gasteiger partial charge in [-0.05, 0) is 48.8 Å². The molecule has 0 aliphatic carbocycles. The maximum absolute atomic E-state index is 11.4. The number of anilines is 1. The molecule has 0 radical (unpaired) electrons. The lowest BCUT2D eigenvalue weighted by Crippen LogP contribution is -2.37. The molecule has 1 aromatic rings. The summed E-state index contributed by atoms with van der Waals surface area (Å²) in [7, 11) is 0. The zero-order valence-corrected chi connectivity index (χ0v) is 12.3. The van der Waals surface area contributed by atoms with Crippen LogP contribution in [0.5, 0.6) is 0 Å². The molecule has 0 spiro atoms. The summed E-state index contributed by atoms with van der Waals surface area (Å²) < 4.78 is 0. The Kier molecular flexibility index (Phi) is 4.50. The highest BCUT2D eigenvalue weighted by molar-refractivity contribution is 6.30. The van der Waals surface area contributed by atoms with Crippen molar-refractivity contribution in [3.63, 3.8) is 0 Å². The molecule has 4 heteroatoms. The number of hydrogen-bond acceptors (Lipinski definition) is 2. The molecule has 1 N–H and O–H groups in total. The van der Waals surface area contributed by atoms with Gasteiger partial charge in [-0.2, -0.15) is 0 Å². The van der Waals surface area contributed by atoms with E-state index in [2.05, 4.69) is 13.8 Å². The number of halogens is 1. The van der Waals surface area contributed by atoms with Crippen LogP contribution in [0.15, 0.2) is 48.2 Å². The molecule has 0 fully saturated rings. The summed E-state index contributed by atoms with van der Waals surface area (Å²) in [6.45, 7) is 4.19. The van der Waals surface area contributed by atoms with Crippen molar-refractivity contribution in [3.8, 4) is 0 Å². The number of carboxylic acid groups (broad SMARTS) is 1. The van der Waals surface area contributed by atoms with Crippen LogP contribution in [0.3, 0.4) is 0 Å². The van der Waals surface area contributed by atoms with Gasteiger partial charge in [0.2, 0.25) is 0 Å². The quantitative estimate of drug-likeness (QED) is 0.908. The summed E-state index contributed by atoms with van der Waals surface area (Å²) in [6.07, 6.45) is 6.16. The first kappa shape index (κ1) is 14.7. The fourth-order valence-corrected chi connectivity index (χ4v) is 2.51. The van der Waals surface area contributed by atoms with Gasteiger partial charge in [-0.3, -0.25) is 0 Å². The van der Waals surface area contributed by atoms with Gasteiger partial charge in [-0.25, -0.2) is 4.79 Å². The van der Waals surface area contributed by atoms with Crippen molar-refractivity contribution in [1.29, 1.82) is 0 Å². The first-order chi connectivity index (χ1) is 9.49. The van der Waals surface area contributed by atoms with Gasteiger partial charge in [0.05, 0.1) is 11.6 Å². The van der Waals surface area contributed by atoms with E-state index in [0.29, 0.717) is 16.5 Å². The van der Waals surface area contributed by atoms with Crippen LogP contribution in [-0.4, -0.2) is 17.1 Å². The Labute approximate surface area is 124 Å². The highest BCUT2D eigenvalue weighted by Crippen LogP contribution is 2.29. The number of allylic oxidation sites excluding steroid dienone is 2. The van der Waals surface area contributed by atoms with Gasteiger partial charge in [-0.1, -0.05) is 25.4 Å². The van der Waals surface area contributed by atoms with Gasteiger partial charge in [0.25, 0.3) is 0 Å². The predicted molar refractivity (Wildman–Crippen MR) is 82.0 cm³/mol. The highest BCUT2D eigenvalue weighted by atomic mass is 35.5. The largest absolute Gasteiger partial charge is 0.478 e. The van der Waals surface area contributed by atoms with E-state index in [1.54, 1.807) is 12.2 Å². The van der Waals surface area contributed by atoms with E-state index in [9.17, 15) is 9.90 Å². The summed E-state index contributed by atoms with van der Waals surface area (Å²) in [5, 5.41) is 10.1. The summed E-state index contributed by atoms with van der Waals surface area (Å²) in [5.41, 5.74) is 1.37. The predicted octanol–water partition coefficient (Wildman–Crippen LogP) is 4.10. The zero-order chi connectivity index (χ0) is 14.7. The first-order valence-corrected chi connectivity index (χ1v) is 7.02. The highest BCUT2D eigenvalue weighted by Gasteiger charge is 2.28. The van der Waals surface area contributed by atoms with Crippen molar-refractivity contribution in [2.75, 3.05) is 4.90 Å². The molecule has 1 aromatic carbocycles. The lowest BCUT2D eigenvalue weighted by atomic mass is 9.93. The molecule has 20 heavy (non-hydrogen) atoms. The summed E-state index contributed by atoms with van der Waals surface area (Å²) >= 11 is 5.91. The fraction of sp³-hybridized carbons (Fsp3) is 0.312. The Balaban J connectivity index is 2.35. The van der Waals surface area contributed by atoms with Gasteiger partial charge < -0.3 is 10.0 Å². The maximum Gasteiger partial charge on any atom is 0.333 e. The number of carbonyl (C=O) groups is 1. The Bertz CT molecular complexity index is 546. The molecule has 106 valence electrons. The normalized spacial score (nSPS) is 18.3. The minimum absolute atomic E-state index is 0.154. The van der Waals surface area contributed by atoms with Gasteiger partial charge in [0, 0.05) is 16.9 Å². The Morgan fingerprint density at radius 3 is 2.55 bits per heavy atom. The average molecular weight is 292 g/mol. The van der Waals surface area contributed by atoms with Gasteiger partial charge >= 0.3 is 5.97 Å². The molecule has 1 aliphatic heterocycles. The third-order valence-corrected chi connectivity index (χ3v) is 3.54. The molecular weight excluding hydrogens is 274 g/mol. The van der Waals surface area contributed by atoms with E-state index in [1.165, 1.54) is 0 Å². The Morgan fingerprint density at radius 2 is 2.00 bits per heavy atom. The molecule has 3 nitrogen and oxygen atoms in total. The van der Waals surface area contributed by atoms with Crippen molar-refractivity contribution in [2.24, 2.45) is 5.92 Å². The van der Waals surface area contributed by atoms with Crippen LogP contribution in [-0.2, 0) is 4.79 Å². The standard InChI is InChI=1S/C16H18ClNO2/c1-11(2)10-15-14(16(19)20)4-3-9-18(15)13-7-5-12(17)6-8-13/h3-9,11,15H,10H2,1-2H3,(H,19,20).